The fraction of sp³-hybridized carbons (Fsp3) is 0.100. The Morgan fingerprint density at radius 2 is 2.25 bits per heavy atom. The van der Waals surface area contributed by atoms with Crippen LogP contribution in [-0.2, 0) is 4.79 Å². The molecule has 2 heteroatoms. The van der Waals surface area contributed by atoms with E-state index >= 15 is 0 Å². The van der Waals surface area contributed by atoms with Crippen molar-refractivity contribution in [3.63, 3.8) is 0 Å². The molecule has 60 valence electrons. The van der Waals surface area contributed by atoms with Crippen molar-refractivity contribution in [3.05, 3.63) is 34.7 Å². The smallest absolute Gasteiger partial charge is 0.164 e. The maximum atomic E-state index is 10.5. The van der Waals surface area contributed by atoms with Gasteiger partial charge in [-0.05, 0) is 46.1 Å². The number of hydrogen-bond donors (Lipinski definition) is 0. The predicted octanol–water partition coefficient (Wildman–Crippen LogP) is 2.67. The Labute approximate surface area is 73.7 Å². The van der Waals surface area contributed by atoms with Gasteiger partial charge in [-0.1, -0.05) is 12.1 Å². The zero-order chi connectivity index (χ0) is 8.55. The lowest BCUT2D eigenvalue weighted by atomic mass is 10.1. The van der Waals surface area contributed by atoms with Crippen molar-refractivity contribution in [1.82, 2.24) is 0 Å². The van der Waals surface area contributed by atoms with Gasteiger partial charge in [0.1, 0.15) is 0 Å². The normalized spacial score (nSPS) is 18.9. The van der Waals surface area contributed by atoms with E-state index in [1.54, 1.807) is 0 Å². The van der Waals surface area contributed by atoms with Crippen molar-refractivity contribution in [2.75, 3.05) is 0 Å². The molecule has 0 saturated carbocycles. The highest BCUT2D eigenvalue weighted by molar-refractivity contribution is 8.17. The van der Waals surface area contributed by atoms with Gasteiger partial charge in [-0.15, -0.1) is 0 Å². The van der Waals surface area contributed by atoms with Crippen molar-refractivity contribution < 1.29 is 4.79 Å². The number of benzene rings is 1. The molecule has 0 aromatic heterocycles. The number of aryl methyl sites for hydroxylation is 1. The summed E-state index contributed by atoms with van der Waals surface area (Å²) in [5, 5.41) is 3.96. The molecular weight excluding hydrogens is 168 g/mol. The van der Waals surface area contributed by atoms with Crippen LogP contribution in [0.4, 0.5) is 0 Å². The van der Waals surface area contributed by atoms with Crippen molar-refractivity contribution in [2.45, 2.75) is 11.8 Å². The van der Waals surface area contributed by atoms with Crippen LogP contribution in [0.15, 0.2) is 28.5 Å². The third-order valence-electron chi connectivity index (χ3n) is 1.98. The van der Waals surface area contributed by atoms with Crippen LogP contribution < -0.4 is 0 Å². The van der Waals surface area contributed by atoms with Gasteiger partial charge >= 0.3 is 0 Å². The molecular formula is C10H8OS. The Balaban J connectivity index is 2.76. The summed E-state index contributed by atoms with van der Waals surface area (Å²) in [6.07, 6.45) is 2.01. The molecule has 0 spiro atoms. The molecule has 1 unspecified atom stereocenters. The average Bonchev–Trinajstić information content (AvgIpc) is 2.49. The van der Waals surface area contributed by atoms with Crippen molar-refractivity contribution in [2.24, 2.45) is 0 Å². The highest BCUT2D eigenvalue weighted by Crippen LogP contribution is 2.38. The van der Waals surface area contributed by atoms with Gasteiger partial charge in [0.2, 0.25) is 0 Å². The van der Waals surface area contributed by atoms with Gasteiger partial charge in [-0.25, -0.2) is 4.79 Å². The molecule has 1 aliphatic rings. The largest absolute Gasteiger partial charge is 0.226 e. The van der Waals surface area contributed by atoms with E-state index in [9.17, 15) is 4.79 Å². The van der Waals surface area contributed by atoms with Crippen LogP contribution in [0, 0.1) is 6.92 Å². The summed E-state index contributed by atoms with van der Waals surface area (Å²) in [6.45, 7) is 2.06. The summed E-state index contributed by atoms with van der Waals surface area (Å²) in [5.74, 6) is 0. The summed E-state index contributed by atoms with van der Waals surface area (Å²) in [6, 6.07) is 6.04. The second kappa shape index (κ2) is 2.74. The Morgan fingerprint density at radius 3 is 3.00 bits per heavy atom. The second-order valence-electron chi connectivity index (χ2n) is 2.71. The molecule has 0 radical (unpaired) electrons. The van der Waals surface area contributed by atoms with Gasteiger partial charge in [0.05, 0.1) is 0 Å². The average molecular weight is 176 g/mol. The SMILES string of the molecule is Cc1cccc2c1C=CS2=C=O. The molecule has 0 saturated heterocycles. The van der Waals surface area contributed by atoms with Crippen LogP contribution in [0.1, 0.15) is 11.1 Å². The van der Waals surface area contributed by atoms with E-state index in [0.717, 1.165) is 4.90 Å². The van der Waals surface area contributed by atoms with Gasteiger partial charge in [0, 0.05) is 4.90 Å². The van der Waals surface area contributed by atoms with Crippen LogP contribution in [0.3, 0.4) is 0 Å². The highest BCUT2D eigenvalue weighted by Gasteiger charge is 2.10. The maximum absolute atomic E-state index is 10.5. The summed E-state index contributed by atoms with van der Waals surface area (Å²) < 4.78 is 0. The zero-order valence-corrected chi connectivity index (χ0v) is 7.52. The topological polar surface area (TPSA) is 17.1 Å². The summed E-state index contributed by atoms with van der Waals surface area (Å²) in [4.78, 5) is 11.6. The van der Waals surface area contributed by atoms with E-state index in [1.807, 2.05) is 28.8 Å². The van der Waals surface area contributed by atoms with Crippen molar-refractivity contribution >= 4 is 21.8 Å². The first-order chi connectivity index (χ1) is 5.83. The van der Waals surface area contributed by atoms with Crippen molar-refractivity contribution in [3.8, 4) is 0 Å². The number of carbonyl (C=O) groups excluding carboxylic acids is 1. The van der Waals surface area contributed by atoms with E-state index in [1.165, 1.54) is 11.1 Å². The molecule has 1 atom stereocenters. The molecule has 0 N–H and O–H groups in total. The predicted molar refractivity (Wildman–Crippen MR) is 51.8 cm³/mol. The van der Waals surface area contributed by atoms with E-state index in [-0.39, 0.29) is 0 Å². The quantitative estimate of drug-likeness (QED) is 0.555. The summed E-state index contributed by atoms with van der Waals surface area (Å²) in [5.41, 5.74) is 2.43. The van der Waals surface area contributed by atoms with E-state index in [0.29, 0.717) is 0 Å². The fourth-order valence-corrected chi connectivity index (χ4v) is 2.60. The molecule has 1 aromatic rings. The molecule has 1 nitrogen and oxygen atoms in total. The molecule has 0 bridgehead atoms. The minimum Gasteiger partial charge on any atom is -0.226 e. The van der Waals surface area contributed by atoms with E-state index in [4.69, 9.17) is 0 Å². The lowest BCUT2D eigenvalue weighted by Crippen LogP contribution is -1.80. The number of rotatable bonds is 0. The first kappa shape index (κ1) is 7.53. The van der Waals surface area contributed by atoms with Crippen LogP contribution in [0.2, 0.25) is 0 Å². The number of fused-ring (bicyclic) bond motifs is 1. The number of hydrogen-bond acceptors (Lipinski definition) is 1. The molecule has 1 aromatic carbocycles. The Morgan fingerprint density at radius 1 is 1.42 bits per heavy atom. The third kappa shape index (κ3) is 0.970. The fourth-order valence-electron chi connectivity index (χ4n) is 1.34. The Bertz CT molecular complexity index is 412. The van der Waals surface area contributed by atoms with Gasteiger partial charge in [0.25, 0.3) is 0 Å². The molecule has 0 aliphatic carbocycles. The lowest BCUT2D eigenvalue weighted by molar-refractivity contribution is 0.572. The van der Waals surface area contributed by atoms with Crippen molar-refractivity contribution in [1.29, 1.82) is 0 Å². The first-order valence-electron chi connectivity index (χ1n) is 3.71. The standard InChI is InChI=1S/C10H8OS/c1-8-3-2-4-10-9(8)5-6-12(10)7-11/h2-6H,1H3. The van der Waals surface area contributed by atoms with Crippen LogP contribution >= 0.6 is 10.5 Å². The monoisotopic (exact) mass is 176 g/mol. The minimum absolute atomic E-state index is 0.406. The van der Waals surface area contributed by atoms with E-state index in [2.05, 4.69) is 13.0 Å². The molecule has 0 amide bonds. The van der Waals surface area contributed by atoms with Gasteiger partial charge < -0.3 is 0 Å². The van der Waals surface area contributed by atoms with Gasteiger partial charge in [-0.3, -0.25) is 0 Å². The van der Waals surface area contributed by atoms with Gasteiger partial charge in [-0.2, -0.15) is 0 Å². The zero-order valence-electron chi connectivity index (χ0n) is 6.70. The first-order valence-corrected chi connectivity index (χ1v) is 5.00. The molecule has 1 heterocycles. The molecule has 1 aliphatic heterocycles. The molecule has 2 rings (SSSR count). The van der Waals surface area contributed by atoms with Crippen LogP contribution in [-0.4, -0.2) is 5.23 Å². The second-order valence-corrected chi connectivity index (χ2v) is 4.26. The Kier molecular flexibility index (Phi) is 1.72. The van der Waals surface area contributed by atoms with E-state index < -0.39 is 10.5 Å². The van der Waals surface area contributed by atoms with Crippen LogP contribution in [0.5, 0.6) is 0 Å². The Hall–Kier alpha value is -1.11. The van der Waals surface area contributed by atoms with Crippen LogP contribution in [0.25, 0.3) is 6.08 Å². The molecule has 0 fully saturated rings. The minimum atomic E-state index is -0.406. The maximum Gasteiger partial charge on any atom is 0.164 e. The third-order valence-corrected chi connectivity index (χ3v) is 3.40. The summed E-state index contributed by atoms with van der Waals surface area (Å²) >= 11 is 0. The van der Waals surface area contributed by atoms with Gasteiger partial charge in [0.15, 0.2) is 5.23 Å². The lowest BCUT2D eigenvalue weighted by Gasteiger charge is -2.00. The summed E-state index contributed by atoms with van der Waals surface area (Å²) in [7, 11) is -0.406. The highest BCUT2D eigenvalue weighted by atomic mass is 32.2. The molecule has 12 heavy (non-hydrogen) atoms.